The van der Waals surface area contributed by atoms with Crippen LogP contribution in [0.5, 0.6) is 0 Å². The Kier molecular flexibility index (Phi) is 9.38. The zero-order valence-corrected chi connectivity index (χ0v) is 17.3. The summed E-state index contributed by atoms with van der Waals surface area (Å²) in [7, 11) is 1.38. The first-order chi connectivity index (χ1) is 14.4. The number of hydrogen-bond acceptors (Lipinski definition) is 9. The van der Waals surface area contributed by atoms with Crippen LogP contribution in [0, 0.1) is 0 Å². The third kappa shape index (κ3) is 6.60. The maximum atomic E-state index is 12.2. The number of hydrogen-bond donors (Lipinski definition) is 1. The van der Waals surface area contributed by atoms with E-state index in [2.05, 4.69) is 0 Å². The molecule has 1 aliphatic heterocycles. The van der Waals surface area contributed by atoms with E-state index >= 15 is 0 Å². The largest absolute Gasteiger partial charge is 0.455 e. The number of rotatable bonds is 10. The minimum absolute atomic E-state index is 0.158. The number of aliphatic hydroxyl groups is 1. The molecule has 1 fully saturated rings. The number of aliphatic hydroxyl groups excluding tert-OH is 1. The van der Waals surface area contributed by atoms with Crippen LogP contribution in [0.15, 0.2) is 30.3 Å². The average molecular weight is 424 g/mol. The first-order valence-corrected chi connectivity index (χ1v) is 9.72. The number of esters is 2. The molecule has 5 atom stereocenters. The molecule has 0 amide bonds. The molecule has 0 radical (unpaired) electrons. The minimum Gasteiger partial charge on any atom is -0.455 e. The Morgan fingerprint density at radius 3 is 2.33 bits per heavy atom. The number of benzene rings is 1. The Balaban J connectivity index is 2.25. The Labute approximate surface area is 175 Å². The molecule has 0 spiro atoms. The molecule has 0 aliphatic carbocycles. The molecular formula is C21H28O9. The van der Waals surface area contributed by atoms with Gasteiger partial charge in [-0.15, -0.1) is 0 Å². The van der Waals surface area contributed by atoms with E-state index in [1.165, 1.54) is 14.0 Å². The summed E-state index contributed by atoms with van der Waals surface area (Å²) in [5.74, 6) is -1.73. The van der Waals surface area contributed by atoms with E-state index in [0.29, 0.717) is 0 Å². The van der Waals surface area contributed by atoms with Crippen molar-refractivity contribution in [2.45, 2.75) is 64.0 Å². The van der Waals surface area contributed by atoms with Crippen LogP contribution in [0.3, 0.4) is 0 Å². The standard InChI is InChI=1S/C21H28O9/c1-4-15(24)10-17(25)30-18-16(11-22)29-21(26-3)20(19(18)28-13(2)23)27-12-14-8-6-5-7-9-14/h5-9,16,18-22H,4,10-12H2,1-3H3/t16-,18-,19+,20-,21+/m1/s1. The maximum absolute atomic E-state index is 12.2. The second-order valence-corrected chi connectivity index (χ2v) is 6.82. The fourth-order valence-corrected chi connectivity index (χ4v) is 3.11. The molecule has 9 heteroatoms. The average Bonchev–Trinajstić information content (AvgIpc) is 2.73. The van der Waals surface area contributed by atoms with Crippen molar-refractivity contribution in [1.29, 1.82) is 0 Å². The Morgan fingerprint density at radius 2 is 1.77 bits per heavy atom. The number of methoxy groups -OCH3 is 1. The molecule has 0 unspecified atom stereocenters. The van der Waals surface area contributed by atoms with Crippen LogP contribution >= 0.6 is 0 Å². The van der Waals surface area contributed by atoms with E-state index in [-0.39, 0.29) is 18.8 Å². The minimum atomic E-state index is -1.18. The molecule has 0 saturated carbocycles. The van der Waals surface area contributed by atoms with E-state index in [9.17, 15) is 19.5 Å². The molecule has 1 aromatic rings. The lowest BCUT2D eigenvalue weighted by Crippen LogP contribution is -2.62. The summed E-state index contributed by atoms with van der Waals surface area (Å²) in [5.41, 5.74) is 0.861. The lowest BCUT2D eigenvalue weighted by atomic mass is 9.98. The van der Waals surface area contributed by atoms with E-state index < -0.39 is 55.7 Å². The van der Waals surface area contributed by atoms with Gasteiger partial charge in [0, 0.05) is 20.5 Å². The topological polar surface area (TPSA) is 118 Å². The van der Waals surface area contributed by atoms with Crippen molar-refractivity contribution in [3.8, 4) is 0 Å². The van der Waals surface area contributed by atoms with Gasteiger partial charge in [-0.05, 0) is 5.56 Å². The van der Waals surface area contributed by atoms with Crippen molar-refractivity contribution in [3.05, 3.63) is 35.9 Å². The zero-order valence-electron chi connectivity index (χ0n) is 17.3. The Bertz CT molecular complexity index is 706. The summed E-state index contributed by atoms with van der Waals surface area (Å²) in [6, 6.07) is 9.29. The molecule has 30 heavy (non-hydrogen) atoms. The molecule has 1 N–H and O–H groups in total. The van der Waals surface area contributed by atoms with Gasteiger partial charge in [0.2, 0.25) is 0 Å². The molecule has 1 heterocycles. The quantitative estimate of drug-likeness (QED) is 0.436. The van der Waals surface area contributed by atoms with Crippen LogP contribution < -0.4 is 0 Å². The summed E-state index contributed by atoms with van der Waals surface area (Å²) in [6.07, 6.45) is -5.49. The Hall–Kier alpha value is -2.33. The summed E-state index contributed by atoms with van der Waals surface area (Å²) in [5, 5.41) is 9.74. The highest BCUT2D eigenvalue weighted by atomic mass is 16.7. The van der Waals surface area contributed by atoms with E-state index in [0.717, 1.165) is 5.56 Å². The summed E-state index contributed by atoms with van der Waals surface area (Å²) < 4.78 is 27.7. The van der Waals surface area contributed by atoms with Gasteiger partial charge in [-0.2, -0.15) is 0 Å². The second kappa shape index (κ2) is 11.8. The van der Waals surface area contributed by atoms with Crippen LogP contribution in [0.2, 0.25) is 0 Å². The predicted molar refractivity (Wildman–Crippen MR) is 103 cm³/mol. The SMILES string of the molecule is CCC(=O)CC(=O)O[C@H]1[C@H](OC(C)=O)[C@@H](OCc2ccccc2)[C@@H](OC)O[C@@H]1CO. The third-order valence-corrected chi connectivity index (χ3v) is 4.59. The lowest BCUT2D eigenvalue weighted by molar-refractivity contribution is -0.309. The molecule has 0 bridgehead atoms. The molecule has 1 saturated heterocycles. The fourth-order valence-electron chi connectivity index (χ4n) is 3.11. The molecule has 2 rings (SSSR count). The third-order valence-electron chi connectivity index (χ3n) is 4.59. The summed E-state index contributed by atoms with van der Waals surface area (Å²) in [6.45, 7) is 2.47. The normalized spacial score (nSPS) is 26.1. The van der Waals surface area contributed by atoms with Gasteiger partial charge >= 0.3 is 11.9 Å². The van der Waals surface area contributed by atoms with Crippen LogP contribution in [-0.2, 0) is 44.7 Å². The van der Waals surface area contributed by atoms with Gasteiger partial charge in [0.1, 0.15) is 24.4 Å². The molecule has 1 aromatic carbocycles. The summed E-state index contributed by atoms with van der Waals surface area (Å²) in [4.78, 5) is 35.6. The van der Waals surface area contributed by atoms with Crippen molar-refractivity contribution in [1.82, 2.24) is 0 Å². The van der Waals surface area contributed by atoms with Crippen LogP contribution in [0.25, 0.3) is 0 Å². The van der Waals surface area contributed by atoms with Crippen LogP contribution in [-0.4, -0.2) is 67.3 Å². The van der Waals surface area contributed by atoms with Gasteiger partial charge in [0.15, 0.2) is 18.5 Å². The van der Waals surface area contributed by atoms with Gasteiger partial charge in [-0.1, -0.05) is 37.3 Å². The smallest absolute Gasteiger partial charge is 0.313 e. The number of ether oxygens (including phenoxy) is 5. The van der Waals surface area contributed by atoms with Gasteiger partial charge in [0.25, 0.3) is 0 Å². The maximum Gasteiger partial charge on any atom is 0.313 e. The fraction of sp³-hybridized carbons (Fsp3) is 0.571. The lowest BCUT2D eigenvalue weighted by Gasteiger charge is -2.44. The summed E-state index contributed by atoms with van der Waals surface area (Å²) >= 11 is 0. The molecule has 0 aromatic heterocycles. The number of ketones is 1. The van der Waals surface area contributed by atoms with Crippen molar-refractivity contribution in [2.75, 3.05) is 13.7 Å². The highest BCUT2D eigenvalue weighted by Crippen LogP contribution is 2.29. The number of carbonyl (C=O) groups excluding carboxylic acids is 3. The van der Waals surface area contributed by atoms with E-state index in [4.69, 9.17) is 23.7 Å². The number of Topliss-reactive ketones (excluding diaryl/α,β-unsaturated/α-hetero) is 1. The highest BCUT2D eigenvalue weighted by molar-refractivity contribution is 5.95. The van der Waals surface area contributed by atoms with Crippen molar-refractivity contribution in [2.24, 2.45) is 0 Å². The van der Waals surface area contributed by atoms with Crippen LogP contribution in [0.1, 0.15) is 32.3 Å². The van der Waals surface area contributed by atoms with E-state index in [1.54, 1.807) is 6.92 Å². The van der Waals surface area contributed by atoms with Gasteiger partial charge in [-0.3, -0.25) is 14.4 Å². The van der Waals surface area contributed by atoms with Crippen molar-refractivity contribution in [3.63, 3.8) is 0 Å². The van der Waals surface area contributed by atoms with Gasteiger partial charge in [-0.25, -0.2) is 0 Å². The molecular weight excluding hydrogens is 396 g/mol. The van der Waals surface area contributed by atoms with Gasteiger partial charge in [0.05, 0.1) is 13.2 Å². The number of carbonyl (C=O) groups is 3. The Morgan fingerprint density at radius 1 is 1.07 bits per heavy atom. The molecule has 9 nitrogen and oxygen atoms in total. The van der Waals surface area contributed by atoms with Crippen molar-refractivity contribution >= 4 is 17.7 Å². The molecule has 1 aliphatic rings. The first kappa shape index (κ1) is 23.9. The van der Waals surface area contributed by atoms with Crippen molar-refractivity contribution < 1.29 is 43.2 Å². The predicted octanol–water partition coefficient (Wildman–Crippen LogP) is 1.15. The highest BCUT2D eigenvalue weighted by Gasteiger charge is 2.51. The monoisotopic (exact) mass is 424 g/mol. The molecule has 166 valence electrons. The van der Waals surface area contributed by atoms with Crippen LogP contribution in [0.4, 0.5) is 0 Å². The first-order valence-electron chi connectivity index (χ1n) is 9.72. The van der Waals surface area contributed by atoms with Gasteiger partial charge < -0.3 is 28.8 Å². The van der Waals surface area contributed by atoms with E-state index in [1.807, 2.05) is 30.3 Å². The zero-order chi connectivity index (χ0) is 22.1. The second-order valence-electron chi connectivity index (χ2n) is 6.82.